The summed E-state index contributed by atoms with van der Waals surface area (Å²) in [5.74, 6) is -0.232. The molecular formula is C11H19N3O2S. The maximum absolute atomic E-state index is 12.1. The molecule has 1 heterocycles. The van der Waals surface area contributed by atoms with Crippen LogP contribution in [0.25, 0.3) is 0 Å². The summed E-state index contributed by atoms with van der Waals surface area (Å²) < 4.78 is 3.83. The van der Waals surface area contributed by atoms with Gasteiger partial charge in [0, 0.05) is 5.41 Å². The summed E-state index contributed by atoms with van der Waals surface area (Å²) in [5, 5.41) is 15.9. The number of rotatable bonds is 3. The molecule has 17 heavy (non-hydrogen) atoms. The maximum Gasteiger partial charge on any atom is 0.265 e. The van der Waals surface area contributed by atoms with Crippen molar-refractivity contribution in [1.29, 1.82) is 0 Å². The molecule has 96 valence electrons. The Balaban J connectivity index is 2.95. The van der Waals surface area contributed by atoms with Gasteiger partial charge in [-0.2, -0.15) is 0 Å². The van der Waals surface area contributed by atoms with Crippen LogP contribution in [0.1, 0.15) is 50.0 Å². The van der Waals surface area contributed by atoms with Crippen LogP contribution in [0.4, 0.5) is 0 Å². The maximum atomic E-state index is 12.1. The van der Waals surface area contributed by atoms with E-state index in [0.717, 1.165) is 11.5 Å². The molecule has 0 spiro atoms. The number of hydrogen-bond acceptors (Lipinski definition) is 5. The van der Waals surface area contributed by atoms with Gasteiger partial charge in [0.25, 0.3) is 5.91 Å². The normalized spacial score (nSPS) is 12.6. The minimum atomic E-state index is -0.643. The van der Waals surface area contributed by atoms with Crippen LogP contribution in [0.15, 0.2) is 0 Å². The van der Waals surface area contributed by atoms with E-state index in [-0.39, 0.29) is 17.9 Å². The monoisotopic (exact) mass is 257 g/mol. The fraction of sp³-hybridized carbons (Fsp3) is 0.727. The Kier molecular flexibility index (Phi) is 3.88. The van der Waals surface area contributed by atoms with Crippen LogP contribution < -0.4 is 5.32 Å². The van der Waals surface area contributed by atoms with Gasteiger partial charge in [0.2, 0.25) is 0 Å². The first-order chi connectivity index (χ1) is 7.67. The molecule has 1 amide bonds. The molecule has 0 aliphatic rings. The van der Waals surface area contributed by atoms with Crippen molar-refractivity contribution in [1.82, 2.24) is 14.9 Å². The lowest BCUT2D eigenvalue weighted by Crippen LogP contribution is -2.46. The number of aromatic nitrogens is 2. The van der Waals surface area contributed by atoms with Gasteiger partial charge in [-0.25, -0.2) is 0 Å². The second kappa shape index (κ2) is 4.70. The fourth-order valence-electron chi connectivity index (χ4n) is 1.23. The van der Waals surface area contributed by atoms with E-state index in [4.69, 9.17) is 5.11 Å². The van der Waals surface area contributed by atoms with Crippen LogP contribution in [0.2, 0.25) is 0 Å². The van der Waals surface area contributed by atoms with Gasteiger partial charge in [0.05, 0.1) is 17.8 Å². The number of hydrogen-bond donors (Lipinski definition) is 2. The van der Waals surface area contributed by atoms with Crippen molar-refractivity contribution < 1.29 is 9.90 Å². The topological polar surface area (TPSA) is 75.1 Å². The van der Waals surface area contributed by atoms with Gasteiger partial charge < -0.3 is 10.4 Å². The first kappa shape index (κ1) is 14.1. The molecule has 0 saturated carbocycles. The zero-order chi connectivity index (χ0) is 13.3. The van der Waals surface area contributed by atoms with E-state index in [1.165, 1.54) is 0 Å². The lowest BCUT2D eigenvalue weighted by Gasteiger charge is -2.24. The number of carbonyl (C=O) groups excluding carboxylic acids is 1. The van der Waals surface area contributed by atoms with E-state index in [1.807, 2.05) is 20.8 Å². The van der Waals surface area contributed by atoms with Gasteiger partial charge in [0.15, 0.2) is 0 Å². The number of aliphatic hydroxyl groups is 1. The quantitative estimate of drug-likeness (QED) is 0.856. The van der Waals surface area contributed by atoms with Crippen molar-refractivity contribution in [2.75, 3.05) is 6.61 Å². The molecule has 5 nitrogen and oxygen atoms in total. The van der Waals surface area contributed by atoms with Crippen molar-refractivity contribution in [3.63, 3.8) is 0 Å². The Morgan fingerprint density at radius 1 is 1.35 bits per heavy atom. The fourth-order valence-corrected chi connectivity index (χ4v) is 2.01. The largest absolute Gasteiger partial charge is 0.394 e. The molecule has 0 bridgehead atoms. The molecule has 0 radical (unpaired) electrons. The van der Waals surface area contributed by atoms with Crippen LogP contribution in [0.5, 0.6) is 0 Å². The molecule has 0 aliphatic carbocycles. The van der Waals surface area contributed by atoms with Gasteiger partial charge >= 0.3 is 0 Å². The summed E-state index contributed by atoms with van der Waals surface area (Å²) in [7, 11) is 0. The first-order valence-corrected chi connectivity index (χ1v) is 6.21. The number of aliphatic hydroxyl groups excluding tert-OH is 1. The number of nitrogens with one attached hydrogen (secondary N) is 1. The Morgan fingerprint density at radius 3 is 2.41 bits per heavy atom. The van der Waals surface area contributed by atoms with Gasteiger partial charge in [-0.3, -0.25) is 4.79 Å². The molecule has 2 N–H and O–H groups in total. The number of carbonyl (C=O) groups is 1. The third kappa shape index (κ3) is 3.47. The highest BCUT2D eigenvalue weighted by atomic mass is 32.1. The summed E-state index contributed by atoms with van der Waals surface area (Å²) in [6.07, 6.45) is 0. The SMILES string of the molecule is CC(C)(CO)NC(=O)c1snnc1C(C)(C)C. The summed E-state index contributed by atoms with van der Waals surface area (Å²) in [5.41, 5.74) is -0.173. The van der Waals surface area contributed by atoms with Gasteiger partial charge in [-0.15, -0.1) is 5.10 Å². The smallest absolute Gasteiger partial charge is 0.265 e. The molecule has 0 fully saturated rings. The summed E-state index contributed by atoms with van der Waals surface area (Å²) in [6.45, 7) is 9.36. The Bertz CT molecular complexity index is 407. The van der Waals surface area contributed by atoms with E-state index in [9.17, 15) is 4.79 Å². The van der Waals surface area contributed by atoms with Crippen molar-refractivity contribution in [2.45, 2.75) is 45.6 Å². The van der Waals surface area contributed by atoms with Gasteiger partial charge in [-0.1, -0.05) is 25.3 Å². The second-order valence-electron chi connectivity index (χ2n) is 5.70. The van der Waals surface area contributed by atoms with Crippen molar-refractivity contribution in [3.8, 4) is 0 Å². The molecule has 0 atom stereocenters. The van der Waals surface area contributed by atoms with Crippen LogP contribution in [0.3, 0.4) is 0 Å². The summed E-state index contributed by atoms with van der Waals surface area (Å²) in [6, 6.07) is 0. The lowest BCUT2D eigenvalue weighted by molar-refractivity contribution is 0.0871. The minimum absolute atomic E-state index is 0.115. The highest BCUT2D eigenvalue weighted by Crippen LogP contribution is 2.25. The van der Waals surface area contributed by atoms with E-state index in [2.05, 4.69) is 14.9 Å². The minimum Gasteiger partial charge on any atom is -0.394 e. The Labute approximate surface area is 105 Å². The molecule has 1 aromatic rings. The van der Waals surface area contributed by atoms with Gasteiger partial charge in [0.1, 0.15) is 4.88 Å². The Morgan fingerprint density at radius 2 is 1.94 bits per heavy atom. The molecule has 1 rings (SSSR count). The van der Waals surface area contributed by atoms with Crippen LogP contribution >= 0.6 is 11.5 Å². The van der Waals surface area contributed by atoms with Crippen molar-refractivity contribution in [3.05, 3.63) is 10.6 Å². The van der Waals surface area contributed by atoms with Gasteiger partial charge in [-0.05, 0) is 25.4 Å². The first-order valence-electron chi connectivity index (χ1n) is 5.43. The molecule has 6 heteroatoms. The van der Waals surface area contributed by atoms with Crippen molar-refractivity contribution >= 4 is 17.4 Å². The van der Waals surface area contributed by atoms with E-state index in [0.29, 0.717) is 10.6 Å². The zero-order valence-corrected chi connectivity index (χ0v) is 11.7. The highest BCUT2D eigenvalue weighted by molar-refractivity contribution is 7.08. The predicted molar refractivity (Wildman–Crippen MR) is 67.2 cm³/mol. The zero-order valence-electron chi connectivity index (χ0n) is 10.9. The van der Waals surface area contributed by atoms with E-state index < -0.39 is 5.54 Å². The molecule has 0 saturated heterocycles. The third-order valence-electron chi connectivity index (χ3n) is 2.25. The number of amides is 1. The summed E-state index contributed by atoms with van der Waals surface area (Å²) in [4.78, 5) is 12.6. The second-order valence-corrected chi connectivity index (χ2v) is 6.45. The molecule has 0 aromatic carbocycles. The average Bonchev–Trinajstić information content (AvgIpc) is 2.64. The Hall–Kier alpha value is -1.01. The average molecular weight is 257 g/mol. The number of nitrogens with zero attached hydrogens (tertiary/aromatic N) is 2. The standard InChI is InChI=1S/C11H19N3O2S/c1-10(2,3)8-7(17-14-13-8)9(16)12-11(4,5)6-15/h15H,6H2,1-5H3,(H,12,16). The molecular weight excluding hydrogens is 238 g/mol. The van der Waals surface area contributed by atoms with Crippen LogP contribution in [-0.2, 0) is 5.41 Å². The van der Waals surface area contributed by atoms with Crippen LogP contribution in [-0.4, -0.2) is 32.7 Å². The molecule has 0 unspecified atom stereocenters. The molecule has 1 aromatic heterocycles. The predicted octanol–water partition coefficient (Wildman–Crippen LogP) is 1.34. The molecule has 0 aliphatic heterocycles. The lowest BCUT2D eigenvalue weighted by atomic mass is 9.91. The van der Waals surface area contributed by atoms with Crippen molar-refractivity contribution in [2.24, 2.45) is 0 Å². The highest BCUT2D eigenvalue weighted by Gasteiger charge is 2.29. The van der Waals surface area contributed by atoms with E-state index >= 15 is 0 Å². The third-order valence-corrected chi connectivity index (χ3v) is 2.98. The van der Waals surface area contributed by atoms with Crippen LogP contribution in [0, 0.1) is 0 Å². The summed E-state index contributed by atoms with van der Waals surface area (Å²) >= 11 is 1.08. The van der Waals surface area contributed by atoms with E-state index in [1.54, 1.807) is 13.8 Å².